The van der Waals surface area contributed by atoms with Crippen LogP contribution in [0.5, 0.6) is 0 Å². The van der Waals surface area contributed by atoms with E-state index in [2.05, 4.69) is 41.3 Å². The summed E-state index contributed by atoms with van der Waals surface area (Å²) in [5.74, 6) is 0.786. The Bertz CT molecular complexity index is 857. The second-order valence-electron chi connectivity index (χ2n) is 7.11. The van der Waals surface area contributed by atoms with Gasteiger partial charge in [0.15, 0.2) is 5.96 Å². The molecule has 6 heteroatoms. The van der Waals surface area contributed by atoms with Crippen molar-refractivity contribution in [1.29, 1.82) is 0 Å². The number of carbonyl (C=O) groups is 1. The van der Waals surface area contributed by atoms with Crippen LogP contribution >= 0.6 is 0 Å². The summed E-state index contributed by atoms with van der Waals surface area (Å²) < 4.78 is 4.85. The molecular formula is C21H26N4O2. The van der Waals surface area contributed by atoms with Gasteiger partial charge >= 0.3 is 5.97 Å². The van der Waals surface area contributed by atoms with Crippen molar-refractivity contribution < 1.29 is 9.53 Å². The topological polar surface area (TPSA) is 89.6 Å². The van der Waals surface area contributed by atoms with E-state index in [-0.39, 0.29) is 5.97 Å². The van der Waals surface area contributed by atoms with Crippen LogP contribution in [0.25, 0.3) is 0 Å². The van der Waals surface area contributed by atoms with Crippen LogP contribution in [-0.2, 0) is 11.3 Å². The third-order valence-electron chi connectivity index (χ3n) is 4.59. The number of rotatable bonds is 6. The van der Waals surface area contributed by atoms with Crippen LogP contribution in [0.15, 0.2) is 41.4 Å². The van der Waals surface area contributed by atoms with Crippen molar-refractivity contribution in [2.75, 3.05) is 12.4 Å². The van der Waals surface area contributed by atoms with E-state index in [4.69, 9.17) is 10.5 Å². The number of aromatic nitrogens is 1. The Balaban J connectivity index is 1.70. The van der Waals surface area contributed by atoms with Gasteiger partial charge in [0.05, 0.1) is 30.6 Å². The summed E-state index contributed by atoms with van der Waals surface area (Å²) in [5, 5.41) is 3.12. The zero-order valence-electron chi connectivity index (χ0n) is 16.0. The number of aliphatic imine (C=N–C) groups is 1. The molecule has 0 radical (unpaired) electrons. The second kappa shape index (κ2) is 8.20. The molecular weight excluding hydrogens is 340 g/mol. The number of guanidine groups is 1. The van der Waals surface area contributed by atoms with Crippen molar-refractivity contribution in [2.24, 2.45) is 10.7 Å². The minimum absolute atomic E-state index is 0.336. The Hall–Kier alpha value is -2.89. The maximum Gasteiger partial charge on any atom is 0.339 e. The van der Waals surface area contributed by atoms with Crippen molar-refractivity contribution in [3.63, 3.8) is 0 Å². The Morgan fingerprint density at radius 1 is 1.33 bits per heavy atom. The van der Waals surface area contributed by atoms with E-state index in [0.717, 1.165) is 29.9 Å². The van der Waals surface area contributed by atoms with Crippen LogP contribution in [0.4, 0.5) is 5.69 Å². The first-order valence-corrected chi connectivity index (χ1v) is 9.23. The van der Waals surface area contributed by atoms with Gasteiger partial charge in [-0.2, -0.15) is 0 Å². The quantitative estimate of drug-likeness (QED) is 0.461. The fourth-order valence-electron chi connectivity index (χ4n) is 2.88. The number of nitrogens with one attached hydrogen (secondary N) is 1. The van der Waals surface area contributed by atoms with Gasteiger partial charge in [-0.3, -0.25) is 4.98 Å². The average molecular weight is 366 g/mol. The molecule has 0 atom stereocenters. The predicted octanol–water partition coefficient (Wildman–Crippen LogP) is 3.80. The molecule has 1 aromatic heterocycles. The van der Waals surface area contributed by atoms with Crippen LogP contribution in [0.2, 0.25) is 0 Å². The lowest BCUT2D eigenvalue weighted by molar-refractivity contribution is 0.0598. The molecule has 0 aliphatic heterocycles. The number of benzene rings is 1. The third kappa shape index (κ3) is 4.84. The fraction of sp³-hybridized carbons (Fsp3) is 0.381. The van der Waals surface area contributed by atoms with E-state index in [1.165, 1.54) is 12.7 Å². The highest BCUT2D eigenvalue weighted by Gasteiger charge is 2.30. The minimum Gasteiger partial charge on any atom is -0.465 e. The van der Waals surface area contributed by atoms with Crippen molar-refractivity contribution in [3.8, 4) is 0 Å². The van der Waals surface area contributed by atoms with E-state index in [0.29, 0.717) is 29.9 Å². The summed E-state index contributed by atoms with van der Waals surface area (Å²) in [6, 6.07) is 11.7. The maximum atomic E-state index is 11.9. The molecule has 1 heterocycles. The lowest BCUT2D eigenvalue weighted by Crippen LogP contribution is -2.22. The van der Waals surface area contributed by atoms with Crippen LogP contribution < -0.4 is 11.1 Å². The molecule has 3 rings (SSSR count). The number of carbonyl (C=O) groups excluding carboxylic acids is 1. The fourth-order valence-corrected chi connectivity index (χ4v) is 2.88. The number of hydrogen-bond acceptors (Lipinski definition) is 4. The molecule has 1 aliphatic carbocycles. The van der Waals surface area contributed by atoms with Gasteiger partial charge in [-0.05, 0) is 48.6 Å². The molecule has 0 bridgehead atoms. The monoisotopic (exact) mass is 366 g/mol. The highest BCUT2D eigenvalue weighted by molar-refractivity contribution is 5.92. The Morgan fingerprint density at radius 3 is 2.78 bits per heavy atom. The summed E-state index contributed by atoms with van der Waals surface area (Å²) in [6.45, 7) is 4.65. The minimum atomic E-state index is -0.342. The molecule has 0 unspecified atom stereocenters. The molecule has 0 spiro atoms. The number of pyridine rings is 1. The molecule has 142 valence electrons. The molecule has 2 aromatic rings. The zero-order chi connectivity index (χ0) is 19.4. The van der Waals surface area contributed by atoms with Gasteiger partial charge in [-0.1, -0.05) is 26.0 Å². The third-order valence-corrected chi connectivity index (χ3v) is 4.59. The molecule has 1 fully saturated rings. The van der Waals surface area contributed by atoms with Crippen molar-refractivity contribution in [1.82, 2.24) is 4.98 Å². The number of esters is 1. The maximum absolute atomic E-state index is 11.9. The smallest absolute Gasteiger partial charge is 0.339 e. The standard InChI is InChI=1S/C21H26N4O2/c1-13(2)15-5-4-6-16(11-15)25-21(22)23-12-17-9-10-18(20(26)27-3)19(24-17)14-7-8-14/h4-6,9-11,13-14H,7-8,12H2,1-3H3,(H3,22,23,25). The van der Waals surface area contributed by atoms with Gasteiger partial charge < -0.3 is 15.8 Å². The van der Waals surface area contributed by atoms with Crippen molar-refractivity contribution in [3.05, 3.63) is 58.9 Å². The van der Waals surface area contributed by atoms with Gasteiger partial charge in [-0.25, -0.2) is 9.79 Å². The molecule has 1 saturated carbocycles. The Morgan fingerprint density at radius 2 is 2.11 bits per heavy atom. The SMILES string of the molecule is COC(=O)c1ccc(CN=C(N)Nc2cccc(C(C)C)c2)nc1C1CC1. The first kappa shape index (κ1) is 18.9. The molecule has 1 aromatic carbocycles. The molecule has 6 nitrogen and oxygen atoms in total. The first-order valence-electron chi connectivity index (χ1n) is 9.23. The summed E-state index contributed by atoms with van der Waals surface area (Å²) in [4.78, 5) is 20.9. The van der Waals surface area contributed by atoms with E-state index >= 15 is 0 Å². The number of hydrogen-bond donors (Lipinski definition) is 2. The lowest BCUT2D eigenvalue weighted by Gasteiger charge is -2.10. The zero-order valence-corrected chi connectivity index (χ0v) is 16.0. The van der Waals surface area contributed by atoms with Crippen molar-refractivity contribution >= 4 is 17.6 Å². The molecule has 1 aliphatic rings. The van der Waals surface area contributed by atoms with Crippen LogP contribution in [0.3, 0.4) is 0 Å². The van der Waals surface area contributed by atoms with Gasteiger partial charge in [0, 0.05) is 11.6 Å². The van der Waals surface area contributed by atoms with Crippen LogP contribution in [-0.4, -0.2) is 24.0 Å². The van der Waals surface area contributed by atoms with E-state index < -0.39 is 0 Å². The Labute approximate surface area is 159 Å². The van der Waals surface area contributed by atoms with Gasteiger partial charge in [0.2, 0.25) is 0 Å². The molecule has 3 N–H and O–H groups in total. The summed E-state index contributed by atoms with van der Waals surface area (Å²) in [6.07, 6.45) is 2.11. The average Bonchev–Trinajstić information content (AvgIpc) is 3.51. The first-order chi connectivity index (χ1) is 13.0. The molecule has 27 heavy (non-hydrogen) atoms. The second-order valence-corrected chi connectivity index (χ2v) is 7.11. The number of anilines is 1. The number of nitrogens with two attached hydrogens (primary N) is 1. The summed E-state index contributed by atoms with van der Waals surface area (Å²) in [5.41, 5.74) is 10.3. The number of ether oxygens (including phenoxy) is 1. The molecule has 0 amide bonds. The van der Waals surface area contributed by atoms with Gasteiger partial charge in [-0.15, -0.1) is 0 Å². The van der Waals surface area contributed by atoms with Gasteiger partial charge in [0.1, 0.15) is 0 Å². The van der Waals surface area contributed by atoms with Crippen LogP contribution in [0, 0.1) is 0 Å². The van der Waals surface area contributed by atoms with Crippen molar-refractivity contribution in [2.45, 2.75) is 45.1 Å². The van der Waals surface area contributed by atoms with Crippen LogP contribution in [0.1, 0.15) is 65.8 Å². The summed E-state index contributed by atoms with van der Waals surface area (Å²) >= 11 is 0. The largest absolute Gasteiger partial charge is 0.465 e. The van der Waals surface area contributed by atoms with E-state index in [1.54, 1.807) is 12.1 Å². The number of nitrogens with zero attached hydrogens (tertiary/aromatic N) is 2. The normalized spacial score (nSPS) is 14.3. The van der Waals surface area contributed by atoms with E-state index in [1.807, 2.05) is 12.1 Å². The highest BCUT2D eigenvalue weighted by atomic mass is 16.5. The number of methoxy groups -OCH3 is 1. The van der Waals surface area contributed by atoms with E-state index in [9.17, 15) is 4.79 Å². The highest BCUT2D eigenvalue weighted by Crippen LogP contribution is 2.40. The lowest BCUT2D eigenvalue weighted by atomic mass is 10.0. The Kier molecular flexibility index (Phi) is 5.74. The predicted molar refractivity (Wildman–Crippen MR) is 107 cm³/mol. The van der Waals surface area contributed by atoms with Gasteiger partial charge in [0.25, 0.3) is 0 Å². The summed E-state index contributed by atoms with van der Waals surface area (Å²) in [7, 11) is 1.39. The molecule has 0 saturated heterocycles.